The monoisotopic (exact) mass is 223 g/mol. The van der Waals surface area contributed by atoms with Gasteiger partial charge >= 0.3 is 0 Å². The second-order valence-electron chi connectivity index (χ2n) is 3.55. The maximum Gasteiger partial charge on any atom is 0.261 e. The van der Waals surface area contributed by atoms with Gasteiger partial charge in [0.25, 0.3) is 11.8 Å². The van der Waals surface area contributed by atoms with Gasteiger partial charge in [-0.15, -0.1) is 11.6 Å². The molecular formula is C11H10ClNO2. The van der Waals surface area contributed by atoms with Gasteiger partial charge in [0, 0.05) is 11.9 Å². The van der Waals surface area contributed by atoms with Crippen LogP contribution in [0, 0.1) is 0 Å². The van der Waals surface area contributed by atoms with Gasteiger partial charge in [-0.1, -0.05) is 12.1 Å². The Labute approximate surface area is 92.6 Å². The van der Waals surface area contributed by atoms with Crippen molar-refractivity contribution in [2.75, 3.05) is 6.54 Å². The van der Waals surface area contributed by atoms with Gasteiger partial charge in [-0.3, -0.25) is 14.5 Å². The van der Waals surface area contributed by atoms with Crippen molar-refractivity contribution in [1.82, 2.24) is 4.90 Å². The molecule has 0 radical (unpaired) electrons. The lowest BCUT2D eigenvalue weighted by atomic mass is 10.1. The molecular weight excluding hydrogens is 214 g/mol. The van der Waals surface area contributed by atoms with E-state index in [-0.39, 0.29) is 23.7 Å². The van der Waals surface area contributed by atoms with E-state index in [2.05, 4.69) is 0 Å². The highest BCUT2D eigenvalue weighted by Crippen LogP contribution is 2.22. The van der Waals surface area contributed by atoms with Gasteiger partial charge in [0.1, 0.15) is 0 Å². The summed E-state index contributed by atoms with van der Waals surface area (Å²) in [4.78, 5) is 24.8. The first-order chi connectivity index (χ1) is 7.11. The minimum atomic E-state index is -0.247. The fraction of sp³-hybridized carbons (Fsp3) is 0.273. The predicted octanol–water partition coefficient (Wildman–Crippen LogP) is 1.91. The Kier molecular flexibility index (Phi) is 2.49. The Morgan fingerprint density at radius 1 is 1.20 bits per heavy atom. The molecule has 0 saturated carbocycles. The molecule has 0 fully saturated rings. The van der Waals surface area contributed by atoms with Crippen LogP contribution in [0.1, 0.15) is 27.6 Å². The van der Waals surface area contributed by atoms with Gasteiger partial charge in [0.05, 0.1) is 11.1 Å². The molecule has 0 saturated heterocycles. The quantitative estimate of drug-likeness (QED) is 0.567. The Morgan fingerprint density at radius 3 is 2.07 bits per heavy atom. The van der Waals surface area contributed by atoms with Gasteiger partial charge in [-0.2, -0.15) is 0 Å². The van der Waals surface area contributed by atoms with Crippen LogP contribution < -0.4 is 0 Å². The normalized spacial score (nSPS) is 16.8. The largest absolute Gasteiger partial charge is 0.273 e. The van der Waals surface area contributed by atoms with Crippen LogP contribution in [-0.2, 0) is 0 Å². The summed E-state index contributed by atoms with van der Waals surface area (Å²) in [5.41, 5.74) is 0.944. The van der Waals surface area contributed by atoms with Crippen molar-refractivity contribution in [3.8, 4) is 0 Å². The number of nitrogens with zero attached hydrogens (tertiary/aromatic N) is 1. The zero-order valence-corrected chi connectivity index (χ0v) is 8.99. The Hall–Kier alpha value is -1.35. The van der Waals surface area contributed by atoms with Gasteiger partial charge in [0.15, 0.2) is 0 Å². The Morgan fingerprint density at radius 2 is 1.67 bits per heavy atom. The number of fused-ring (bicyclic) bond motifs is 1. The van der Waals surface area contributed by atoms with Crippen LogP contribution in [0.25, 0.3) is 0 Å². The highest BCUT2D eigenvalue weighted by Gasteiger charge is 2.35. The van der Waals surface area contributed by atoms with Crippen molar-refractivity contribution in [2.45, 2.75) is 12.3 Å². The van der Waals surface area contributed by atoms with Crippen LogP contribution in [0.2, 0.25) is 0 Å². The SMILES string of the molecule is CC(Cl)CN1C(=O)c2ccccc2C1=O. The number of halogens is 1. The maximum atomic E-state index is 11.8. The second kappa shape index (κ2) is 3.66. The summed E-state index contributed by atoms with van der Waals surface area (Å²) in [5.74, 6) is -0.494. The second-order valence-corrected chi connectivity index (χ2v) is 4.29. The molecule has 1 aromatic rings. The Bertz CT molecular complexity index is 393. The first kappa shape index (κ1) is 10.2. The molecule has 1 atom stereocenters. The minimum absolute atomic E-state index is 0.229. The zero-order valence-electron chi connectivity index (χ0n) is 8.24. The zero-order chi connectivity index (χ0) is 11.0. The number of hydrogen-bond donors (Lipinski definition) is 0. The van der Waals surface area contributed by atoms with Gasteiger partial charge in [0.2, 0.25) is 0 Å². The van der Waals surface area contributed by atoms with Crippen LogP contribution in [-0.4, -0.2) is 28.6 Å². The first-order valence-corrected chi connectivity index (χ1v) is 5.14. The van der Waals surface area contributed by atoms with E-state index in [1.54, 1.807) is 31.2 Å². The number of carbonyl (C=O) groups excluding carboxylic acids is 2. The molecule has 15 heavy (non-hydrogen) atoms. The molecule has 1 aliphatic rings. The summed E-state index contributed by atoms with van der Waals surface area (Å²) in [6, 6.07) is 6.82. The van der Waals surface area contributed by atoms with Gasteiger partial charge in [-0.25, -0.2) is 0 Å². The summed E-state index contributed by atoms with van der Waals surface area (Å²) >= 11 is 5.79. The van der Waals surface area contributed by atoms with Gasteiger partial charge in [-0.05, 0) is 19.1 Å². The van der Waals surface area contributed by atoms with E-state index in [9.17, 15) is 9.59 Å². The molecule has 1 aromatic carbocycles. The average Bonchev–Trinajstić information content (AvgIpc) is 2.44. The van der Waals surface area contributed by atoms with Crippen molar-refractivity contribution < 1.29 is 9.59 Å². The number of carbonyl (C=O) groups is 2. The van der Waals surface area contributed by atoms with E-state index < -0.39 is 0 Å². The molecule has 2 amide bonds. The van der Waals surface area contributed by atoms with E-state index in [0.717, 1.165) is 0 Å². The van der Waals surface area contributed by atoms with Crippen molar-refractivity contribution in [2.24, 2.45) is 0 Å². The molecule has 1 heterocycles. The Balaban J connectivity index is 2.37. The van der Waals surface area contributed by atoms with Crippen molar-refractivity contribution >= 4 is 23.4 Å². The third-order valence-corrected chi connectivity index (χ3v) is 2.45. The molecule has 0 aliphatic carbocycles. The van der Waals surface area contributed by atoms with E-state index in [0.29, 0.717) is 11.1 Å². The lowest BCUT2D eigenvalue weighted by Gasteiger charge is -2.14. The number of benzene rings is 1. The fourth-order valence-corrected chi connectivity index (χ4v) is 1.79. The summed E-state index contributed by atoms with van der Waals surface area (Å²) in [7, 11) is 0. The summed E-state index contributed by atoms with van der Waals surface area (Å²) in [6.07, 6.45) is 0. The van der Waals surface area contributed by atoms with Crippen molar-refractivity contribution in [3.63, 3.8) is 0 Å². The molecule has 0 N–H and O–H groups in total. The molecule has 2 rings (SSSR count). The maximum absolute atomic E-state index is 11.8. The third kappa shape index (κ3) is 1.63. The number of imide groups is 1. The van der Waals surface area contributed by atoms with Crippen LogP contribution in [0.5, 0.6) is 0 Å². The lowest BCUT2D eigenvalue weighted by molar-refractivity contribution is 0.0655. The van der Waals surface area contributed by atoms with E-state index in [1.807, 2.05) is 0 Å². The van der Waals surface area contributed by atoms with Gasteiger partial charge < -0.3 is 0 Å². The molecule has 4 heteroatoms. The summed E-state index contributed by atoms with van der Waals surface area (Å²) in [5, 5.41) is -0.229. The molecule has 1 aliphatic heterocycles. The number of hydrogen-bond acceptors (Lipinski definition) is 2. The topological polar surface area (TPSA) is 37.4 Å². The molecule has 1 unspecified atom stereocenters. The average molecular weight is 224 g/mol. The standard InChI is InChI=1S/C11H10ClNO2/c1-7(12)6-13-10(14)8-4-2-3-5-9(8)11(13)15/h2-5,7H,6H2,1H3. The molecule has 0 aromatic heterocycles. The molecule has 0 spiro atoms. The number of rotatable bonds is 2. The lowest BCUT2D eigenvalue weighted by Crippen LogP contribution is -2.34. The van der Waals surface area contributed by atoms with Crippen LogP contribution in [0.15, 0.2) is 24.3 Å². The smallest absolute Gasteiger partial charge is 0.261 e. The van der Waals surface area contributed by atoms with E-state index in [4.69, 9.17) is 11.6 Å². The number of alkyl halides is 1. The first-order valence-electron chi connectivity index (χ1n) is 4.70. The van der Waals surface area contributed by atoms with Crippen LogP contribution in [0.4, 0.5) is 0 Å². The van der Waals surface area contributed by atoms with Crippen molar-refractivity contribution in [1.29, 1.82) is 0 Å². The number of amides is 2. The summed E-state index contributed by atoms with van der Waals surface area (Å²) in [6.45, 7) is 2.01. The van der Waals surface area contributed by atoms with E-state index >= 15 is 0 Å². The third-order valence-electron chi connectivity index (χ3n) is 2.31. The summed E-state index contributed by atoms with van der Waals surface area (Å²) < 4.78 is 0. The van der Waals surface area contributed by atoms with Crippen LogP contribution >= 0.6 is 11.6 Å². The highest BCUT2D eigenvalue weighted by atomic mass is 35.5. The molecule has 78 valence electrons. The minimum Gasteiger partial charge on any atom is -0.273 e. The predicted molar refractivity (Wildman–Crippen MR) is 57.1 cm³/mol. The van der Waals surface area contributed by atoms with Crippen LogP contribution in [0.3, 0.4) is 0 Å². The highest BCUT2D eigenvalue weighted by molar-refractivity contribution is 6.23. The van der Waals surface area contributed by atoms with Crippen molar-refractivity contribution in [3.05, 3.63) is 35.4 Å². The fourth-order valence-electron chi connectivity index (χ4n) is 1.66. The molecule has 0 bridgehead atoms. The molecule has 3 nitrogen and oxygen atoms in total. The van der Waals surface area contributed by atoms with E-state index in [1.165, 1.54) is 4.90 Å².